The maximum absolute atomic E-state index is 11.8. The number of hydrogen-bond donors (Lipinski definition) is 1. The number of aliphatic imine (C=N–C) groups is 1. The van der Waals surface area contributed by atoms with Crippen molar-refractivity contribution in [1.29, 1.82) is 0 Å². The Labute approximate surface area is 148 Å². The lowest BCUT2D eigenvalue weighted by Crippen LogP contribution is -2.16. The van der Waals surface area contributed by atoms with Crippen LogP contribution in [0.3, 0.4) is 0 Å². The van der Waals surface area contributed by atoms with Gasteiger partial charge in [0, 0.05) is 0 Å². The van der Waals surface area contributed by atoms with E-state index >= 15 is 0 Å². The monoisotopic (exact) mass is 372 g/mol. The first-order valence-electron chi connectivity index (χ1n) is 7.73. The van der Waals surface area contributed by atoms with Crippen molar-refractivity contribution in [3.8, 4) is 17.2 Å². The molecule has 0 aromatic heterocycles. The minimum absolute atomic E-state index is 0.000162. The zero-order chi connectivity index (χ0) is 18.8. The van der Waals surface area contributed by atoms with E-state index in [0.29, 0.717) is 29.7 Å². The van der Waals surface area contributed by atoms with Crippen LogP contribution in [0.25, 0.3) is 0 Å². The van der Waals surface area contributed by atoms with Crippen molar-refractivity contribution in [2.45, 2.75) is 19.9 Å². The van der Waals surface area contributed by atoms with Gasteiger partial charge in [-0.2, -0.15) is 0 Å². The zero-order valence-corrected chi connectivity index (χ0v) is 16.1. The summed E-state index contributed by atoms with van der Waals surface area (Å²) in [4.78, 5) is 4.56. The molecule has 0 spiro atoms. The molecule has 0 bridgehead atoms. The summed E-state index contributed by atoms with van der Waals surface area (Å²) in [7, 11) is 0.778. The molecule has 0 saturated carbocycles. The normalized spacial score (nSPS) is 17.1. The zero-order valence-electron chi connectivity index (χ0n) is 15.2. The molecule has 2 rings (SSSR count). The molecule has 0 saturated heterocycles. The predicted molar refractivity (Wildman–Crippen MR) is 95.7 cm³/mol. The third kappa shape index (κ3) is 4.09. The number of methoxy groups -OCH3 is 3. The van der Waals surface area contributed by atoms with Gasteiger partial charge in [-0.15, -0.1) is 0 Å². The van der Waals surface area contributed by atoms with E-state index in [1.54, 1.807) is 6.07 Å². The number of benzene rings is 1. The molecular weight excluding hydrogens is 348 g/mol. The van der Waals surface area contributed by atoms with Gasteiger partial charge in [0.25, 0.3) is 0 Å². The van der Waals surface area contributed by atoms with Crippen molar-refractivity contribution in [2.75, 3.05) is 38.9 Å². The fourth-order valence-corrected chi connectivity index (χ4v) is 3.06. The van der Waals surface area contributed by atoms with Crippen molar-refractivity contribution in [3.05, 3.63) is 11.6 Å². The minimum atomic E-state index is -3.57. The summed E-state index contributed by atoms with van der Waals surface area (Å²) in [5.41, 5.74) is 0.633. The Hall–Kier alpha value is -2.16. The Morgan fingerprint density at radius 3 is 2.28 bits per heavy atom. The number of anilines is 1. The Kier molecular flexibility index (Phi) is 5.66. The quantitative estimate of drug-likeness (QED) is 0.785. The van der Waals surface area contributed by atoms with E-state index in [4.69, 9.17) is 18.9 Å². The molecule has 1 aromatic rings. The number of hydrogen-bond acceptors (Lipinski definition) is 7. The second-order valence-electron chi connectivity index (χ2n) is 6.00. The molecule has 9 heteroatoms. The fraction of sp³-hybridized carbons (Fsp3) is 0.562. The number of rotatable bonds is 7. The minimum Gasteiger partial charge on any atom is -0.493 e. The Morgan fingerprint density at radius 1 is 1.20 bits per heavy atom. The van der Waals surface area contributed by atoms with E-state index in [0.717, 1.165) is 6.26 Å². The molecule has 8 nitrogen and oxygen atoms in total. The lowest BCUT2D eigenvalue weighted by atomic mass is 10.1. The van der Waals surface area contributed by atoms with E-state index in [2.05, 4.69) is 9.71 Å². The van der Waals surface area contributed by atoms with E-state index in [1.807, 2.05) is 13.8 Å². The summed E-state index contributed by atoms with van der Waals surface area (Å²) in [6, 6.07) is 1.62. The number of nitrogens with one attached hydrogen (secondary N) is 1. The molecular formula is C16H24N2O6S. The molecule has 0 amide bonds. The standard InChI is InChI=1S/C16H24N2O6S/c1-9(2)11-8-24-16(17-11)10-7-12(21-3)14(22-4)15(23-5)13(10)18-25(6,19)20/h7,9,11,18H,8H2,1-6H3. The van der Waals surface area contributed by atoms with Gasteiger partial charge in [-0.1, -0.05) is 13.8 Å². The van der Waals surface area contributed by atoms with E-state index in [1.165, 1.54) is 21.3 Å². The van der Waals surface area contributed by atoms with Crippen LogP contribution in [0.2, 0.25) is 0 Å². The van der Waals surface area contributed by atoms with Gasteiger partial charge < -0.3 is 18.9 Å². The third-order valence-corrected chi connectivity index (χ3v) is 4.37. The van der Waals surface area contributed by atoms with Gasteiger partial charge in [-0.25, -0.2) is 13.4 Å². The molecule has 0 aliphatic carbocycles. The molecule has 0 fully saturated rings. The number of sulfonamides is 1. The topological polar surface area (TPSA) is 95.5 Å². The van der Waals surface area contributed by atoms with Crippen molar-refractivity contribution in [1.82, 2.24) is 0 Å². The molecule has 1 heterocycles. The van der Waals surface area contributed by atoms with Gasteiger partial charge in [-0.05, 0) is 12.0 Å². The smallest absolute Gasteiger partial charge is 0.229 e. The Morgan fingerprint density at radius 2 is 1.84 bits per heavy atom. The van der Waals surface area contributed by atoms with Crippen LogP contribution in [0.4, 0.5) is 5.69 Å². The average Bonchev–Trinajstić information content (AvgIpc) is 3.02. The van der Waals surface area contributed by atoms with E-state index < -0.39 is 10.0 Å². The van der Waals surface area contributed by atoms with Gasteiger partial charge >= 0.3 is 0 Å². The van der Waals surface area contributed by atoms with Crippen LogP contribution in [0, 0.1) is 5.92 Å². The summed E-state index contributed by atoms with van der Waals surface area (Å²) >= 11 is 0. The summed E-state index contributed by atoms with van der Waals surface area (Å²) < 4.78 is 47.9. The Bertz CT molecular complexity index is 773. The highest BCUT2D eigenvalue weighted by molar-refractivity contribution is 7.92. The third-order valence-electron chi connectivity index (χ3n) is 3.79. The van der Waals surface area contributed by atoms with Gasteiger partial charge in [0.2, 0.25) is 21.7 Å². The van der Waals surface area contributed by atoms with Crippen LogP contribution in [0.1, 0.15) is 19.4 Å². The molecule has 1 aliphatic rings. The lowest BCUT2D eigenvalue weighted by molar-refractivity contribution is 0.291. The molecule has 140 valence electrons. The van der Waals surface area contributed by atoms with E-state index in [-0.39, 0.29) is 23.2 Å². The van der Waals surface area contributed by atoms with Crippen molar-refractivity contribution in [2.24, 2.45) is 10.9 Å². The van der Waals surface area contributed by atoms with Crippen molar-refractivity contribution in [3.63, 3.8) is 0 Å². The van der Waals surface area contributed by atoms with Gasteiger partial charge in [0.1, 0.15) is 12.3 Å². The fourth-order valence-electron chi connectivity index (χ4n) is 2.49. The predicted octanol–water partition coefficient (Wildman–Crippen LogP) is 1.89. The summed E-state index contributed by atoms with van der Waals surface area (Å²) in [6.07, 6.45) is 1.06. The second-order valence-corrected chi connectivity index (χ2v) is 7.75. The van der Waals surface area contributed by atoms with Gasteiger partial charge in [0.05, 0.1) is 39.2 Å². The highest BCUT2D eigenvalue weighted by atomic mass is 32.2. The average molecular weight is 372 g/mol. The van der Waals surface area contributed by atoms with Crippen LogP contribution in [0.15, 0.2) is 11.1 Å². The molecule has 1 aromatic carbocycles. The highest BCUT2D eigenvalue weighted by Crippen LogP contribution is 2.46. The Balaban J connectivity index is 2.70. The summed E-state index contributed by atoms with van der Waals surface area (Å²) in [6.45, 7) is 4.53. The van der Waals surface area contributed by atoms with Crippen LogP contribution in [0.5, 0.6) is 17.2 Å². The van der Waals surface area contributed by atoms with Crippen molar-refractivity contribution >= 4 is 21.6 Å². The number of ether oxygens (including phenoxy) is 4. The number of nitrogens with zero attached hydrogens (tertiary/aromatic N) is 1. The molecule has 1 N–H and O–H groups in total. The molecule has 0 radical (unpaired) electrons. The van der Waals surface area contributed by atoms with Crippen LogP contribution in [-0.2, 0) is 14.8 Å². The van der Waals surface area contributed by atoms with Crippen LogP contribution < -0.4 is 18.9 Å². The van der Waals surface area contributed by atoms with E-state index in [9.17, 15) is 8.42 Å². The highest BCUT2D eigenvalue weighted by Gasteiger charge is 2.30. The molecule has 25 heavy (non-hydrogen) atoms. The molecule has 1 aliphatic heterocycles. The van der Waals surface area contributed by atoms with Crippen molar-refractivity contribution < 1.29 is 27.4 Å². The van der Waals surface area contributed by atoms with Gasteiger partial charge in [0.15, 0.2) is 11.5 Å². The maximum atomic E-state index is 11.8. The van der Waals surface area contributed by atoms with Crippen LogP contribution >= 0.6 is 0 Å². The largest absolute Gasteiger partial charge is 0.493 e. The maximum Gasteiger partial charge on any atom is 0.229 e. The van der Waals surface area contributed by atoms with Crippen LogP contribution in [-0.4, -0.2) is 54.5 Å². The first-order valence-corrected chi connectivity index (χ1v) is 9.62. The second kappa shape index (κ2) is 7.38. The molecule has 1 unspecified atom stereocenters. The summed E-state index contributed by atoms with van der Waals surface area (Å²) in [5, 5.41) is 0. The first-order chi connectivity index (χ1) is 11.7. The summed E-state index contributed by atoms with van der Waals surface area (Å²) in [5.74, 6) is 1.49. The lowest BCUT2D eigenvalue weighted by Gasteiger charge is -2.19. The van der Waals surface area contributed by atoms with Gasteiger partial charge in [-0.3, -0.25) is 4.72 Å². The molecule has 1 atom stereocenters. The SMILES string of the molecule is COc1cc(C2=NC(C(C)C)CO2)c(NS(C)(=O)=O)c(OC)c1OC. The first kappa shape index (κ1) is 19.2.